The fourth-order valence-corrected chi connectivity index (χ4v) is 5.14. The Hall–Kier alpha value is -1.44. The van der Waals surface area contributed by atoms with Crippen molar-refractivity contribution in [2.75, 3.05) is 18.0 Å². The van der Waals surface area contributed by atoms with Crippen molar-refractivity contribution < 1.29 is 22.4 Å². The number of allylic oxidation sites excluding steroid dienone is 4. The van der Waals surface area contributed by atoms with Crippen LogP contribution in [0.2, 0.25) is 0 Å². The zero-order valence-corrected chi connectivity index (χ0v) is 19.2. The van der Waals surface area contributed by atoms with Crippen molar-refractivity contribution in [1.29, 1.82) is 0 Å². The second-order valence-electron chi connectivity index (χ2n) is 8.64. The predicted molar refractivity (Wildman–Crippen MR) is 117 cm³/mol. The van der Waals surface area contributed by atoms with Gasteiger partial charge in [-0.3, -0.25) is 4.79 Å². The molecule has 0 radical (unpaired) electrons. The number of rotatable bonds is 5. The van der Waals surface area contributed by atoms with Crippen LogP contribution in [0.3, 0.4) is 0 Å². The highest BCUT2D eigenvalue weighted by atomic mass is 35.5. The first kappa shape index (κ1) is 23.7. The highest BCUT2D eigenvalue weighted by Crippen LogP contribution is 2.56. The summed E-state index contributed by atoms with van der Waals surface area (Å²) in [7, 11) is 0. The number of amides is 1. The molecule has 1 heterocycles. The van der Waals surface area contributed by atoms with Crippen LogP contribution in [0.4, 0.5) is 23.2 Å². The maximum Gasteiger partial charge on any atom is 0.396 e. The molecule has 1 aromatic carbocycles. The third-order valence-corrected chi connectivity index (χ3v) is 7.86. The van der Waals surface area contributed by atoms with E-state index in [1.807, 2.05) is 0 Å². The molecule has 0 bridgehead atoms. The van der Waals surface area contributed by atoms with E-state index in [1.54, 1.807) is 6.07 Å². The Morgan fingerprint density at radius 3 is 2.53 bits per heavy atom. The van der Waals surface area contributed by atoms with E-state index in [1.165, 1.54) is 23.1 Å². The minimum Gasteiger partial charge on any atom is -0.370 e. The van der Waals surface area contributed by atoms with Gasteiger partial charge in [-0.2, -0.15) is 13.2 Å². The van der Waals surface area contributed by atoms with Crippen LogP contribution in [0, 0.1) is 23.1 Å². The Kier molecular flexibility index (Phi) is 6.47. The molecule has 4 rings (SSSR count). The highest BCUT2D eigenvalue weighted by Gasteiger charge is 2.62. The molecule has 2 fully saturated rings. The van der Waals surface area contributed by atoms with Gasteiger partial charge in [-0.05, 0) is 43.7 Å². The topological polar surface area (TPSA) is 32.3 Å². The molecule has 2 atom stereocenters. The lowest BCUT2D eigenvalue weighted by atomic mass is 9.71. The number of halogens is 7. The van der Waals surface area contributed by atoms with Crippen molar-refractivity contribution in [1.82, 2.24) is 5.32 Å². The van der Waals surface area contributed by atoms with E-state index in [-0.39, 0.29) is 65.0 Å². The van der Waals surface area contributed by atoms with Gasteiger partial charge in [0.2, 0.25) is 5.91 Å². The van der Waals surface area contributed by atoms with Gasteiger partial charge in [0.1, 0.15) is 5.82 Å². The van der Waals surface area contributed by atoms with E-state index in [9.17, 15) is 22.4 Å². The van der Waals surface area contributed by atoms with Crippen LogP contribution in [0.25, 0.3) is 0 Å². The second kappa shape index (κ2) is 8.73. The van der Waals surface area contributed by atoms with Crippen molar-refractivity contribution >= 4 is 46.4 Å². The van der Waals surface area contributed by atoms with Crippen LogP contribution in [0.1, 0.15) is 31.2 Å². The van der Waals surface area contributed by atoms with Crippen molar-refractivity contribution in [2.24, 2.45) is 17.3 Å². The molecule has 10 heteroatoms. The number of hydrogen-bond acceptors (Lipinski definition) is 2. The van der Waals surface area contributed by atoms with E-state index < -0.39 is 23.3 Å². The van der Waals surface area contributed by atoms with Gasteiger partial charge in [0.25, 0.3) is 0 Å². The first-order valence-corrected chi connectivity index (χ1v) is 11.4. The average Bonchev–Trinajstić information content (AvgIpc) is 3.47. The van der Waals surface area contributed by atoms with E-state index in [4.69, 9.17) is 34.8 Å². The highest BCUT2D eigenvalue weighted by molar-refractivity contribution is 6.48. The zero-order valence-electron chi connectivity index (χ0n) is 16.9. The molecule has 32 heavy (non-hydrogen) atoms. The van der Waals surface area contributed by atoms with Gasteiger partial charge in [0, 0.05) is 41.8 Å². The van der Waals surface area contributed by atoms with E-state index in [0.717, 1.165) is 12.8 Å². The number of anilines is 1. The lowest BCUT2D eigenvalue weighted by molar-refractivity contribution is -0.229. The first-order valence-electron chi connectivity index (χ1n) is 10.3. The molecule has 3 aliphatic rings. The third kappa shape index (κ3) is 4.48. The third-order valence-electron chi connectivity index (χ3n) is 6.57. The summed E-state index contributed by atoms with van der Waals surface area (Å²) in [5.41, 5.74) is -1.44. The van der Waals surface area contributed by atoms with Crippen LogP contribution in [0.15, 0.2) is 39.4 Å². The molecule has 0 spiro atoms. The SMILES string of the molecule is O=C(NCc1ccc(N2CC[C@](C3C=C(Cl)C(Cl)=C(Cl)C3)(C(F)(F)F)C2)cc1F)C1CC1. The average molecular weight is 512 g/mol. The predicted octanol–water partition coefficient (Wildman–Crippen LogP) is 6.44. The Morgan fingerprint density at radius 1 is 1.22 bits per heavy atom. The number of hydrogen-bond donors (Lipinski definition) is 1. The Labute approximate surface area is 198 Å². The Bertz CT molecular complexity index is 990. The summed E-state index contributed by atoms with van der Waals surface area (Å²) in [4.78, 5) is 13.3. The standard InChI is InChI=1S/C22H21Cl3F4N2O/c23-16-7-14(8-17(24)19(16)25)21(22(27,28)29)5-6-31(11-21)15-4-3-13(18(26)9-15)10-30-20(32)12-1-2-12/h3-4,7,9,12,14H,1-2,5-6,8,10-11H2,(H,30,32)/t14?,21-/m0/s1. The number of carbonyl (C=O) groups is 1. The quantitative estimate of drug-likeness (QED) is 0.461. The maximum atomic E-state index is 14.6. The van der Waals surface area contributed by atoms with Gasteiger partial charge in [0.15, 0.2) is 0 Å². The molecule has 3 nitrogen and oxygen atoms in total. The molecule has 1 amide bonds. The number of benzene rings is 1. The van der Waals surface area contributed by atoms with Crippen LogP contribution in [-0.2, 0) is 11.3 Å². The van der Waals surface area contributed by atoms with Gasteiger partial charge in [0.05, 0.1) is 15.5 Å². The molecule has 0 aromatic heterocycles. The van der Waals surface area contributed by atoms with Crippen molar-refractivity contribution in [2.45, 2.75) is 38.4 Å². The fraction of sp³-hybridized carbons (Fsp3) is 0.500. The van der Waals surface area contributed by atoms with Crippen LogP contribution in [-0.4, -0.2) is 25.2 Å². The summed E-state index contributed by atoms with van der Waals surface area (Å²) in [5, 5.41) is 2.88. The van der Waals surface area contributed by atoms with E-state index in [2.05, 4.69) is 5.32 Å². The summed E-state index contributed by atoms with van der Waals surface area (Å²) >= 11 is 18.1. The van der Waals surface area contributed by atoms with Crippen LogP contribution < -0.4 is 10.2 Å². The molecule has 174 valence electrons. The Balaban J connectivity index is 1.52. The summed E-state index contributed by atoms with van der Waals surface area (Å²) in [6.45, 7) is -0.195. The zero-order chi connectivity index (χ0) is 23.3. The lowest BCUT2D eigenvalue weighted by Crippen LogP contribution is -2.46. The van der Waals surface area contributed by atoms with Gasteiger partial charge in [-0.25, -0.2) is 4.39 Å². The lowest BCUT2D eigenvalue weighted by Gasteiger charge is -2.39. The van der Waals surface area contributed by atoms with Crippen molar-refractivity contribution in [3.63, 3.8) is 0 Å². The molecule has 2 aliphatic carbocycles. The Morgan fingerprint density at radius 2 is 1.94 bits per heavy atom. The normalized spacial score (nSPS) is 26.4. The van der Waals surface area contributed by atoms with E-state index >= 15 is 0 Å². The molecule has 1 saturated carbocycles. The van der Waals surface area contributed by atoms with Crippen LogP contribution in [0.5, 0.6) is 0 Å². The molecular formula is C22H21Cl3F4N2O. The molecular weight excluding hydrogens is 491 g/mol. The summed E-state index contributed by atoms with van der Waals surface area (Å²) in [6.07, 6.45) is -1.73. The van der Waals surface area contributed by atoms with Crippen LogP contribution >= 0.6 is 34.8 Å². The molecule has 1 aromatic rings. The molecule has 1 unspecified atom stereocenters. The van der Waals surface area contributed by atoms with Crippen molar-refractivity contribution in [3.05, 3.63) is 50.8 Å². The van der Waals surface area contributed by atoms with Gasteiger partial charge < -0.3 is 10.2 Å². The molecule has 1 N–H and O–H groups in total. The molecule has 1 saturated heterocycles. The smallest absolute Gasteiger partial charge is 0.370 e. The van der Waals surface area contributed by atoms with E-state index in [0.29, 0.717) is 5.69 Å². The minimum atomic E-state index is -4.52. The first-order chi connectivity index (χ1) is 15.0. The minimum absolute atomic E-state index is 0.0120. The second-order valence-corrected chi connectivity index (χ2v) is 9.88. The van der Waals surface area contributed by atoms with Gasteiger partial charge >= 0.3 is 6.18 Å². The summed E-state index contributed by atoms with van der Waals surface area (Å²) < 4.78 is 57.6. The fourth-order valence-electron chi connectivity index (χ4n) is 4.42. The van der Waals surface area contributed by atoms with Gasteiger partial charge in [-0.15, -0.1) is 0 Å². The number of nitrogens with zero attached hydrogens (tertiary/aromatic N) is 1. The number of nitrogens with one attached hydrogen (secondary N) is 1. The molecule has 1 aliphatic heterocycles. The van der Waals surface area contributed by atoms with Crippen molar-refractivity contribution in [3.8, 4) is 0 Å². The summed E-state index contributed by atoms with van der Waals surface area (Å²) in [6, 6.07) is 4.31. The monoisotopic (exact) mass is 510 g/mol. The van der Waals surface area contributed by atoms with Gasteiger partial charge in [-0.1, -0.05) is 46.9 Å². The number of carbonyl (C=O) groups excluding carboxylic acids is 1. The summed E-state index contributed by atoms with van der Waals surface area (Å²) in [5.74, 6) is -1.63. The largest absolute Gasteiger partial charge is 0.396 e. The maximum absolute atomic E-state index is 14.6. The number of alkyl halides is 3.